The van der Waals surface area contributed by atoms with Crippen LogP contribution in [0.3, 0.4) is 0 Å². The maximum absolute atomic E-state index is 11.2. The van der Waals surface area contributed by atoms with Gasteiger partial charge in [0.1, 0.15) is 11.5 Å². The molecule has 3 aromatic carbocycles. The van der Waals surface area contributed by atoms with Crippen LogP contribution in [0.5, 0.6) is 11.5 Å². The number of ether oxygens (including phenoxy) is 2. The second-order valence-corrected chi connectivity index (χ2v) is 7.61. The van der Waals surface area contributed by atoms with E-state index in [1.807, 2.05) is 0 Å². The van der Waals surface area contributed by atoms with Crippen molar-refractivity contribution in [1.82, 2.24) is 9.97 Å². The van der Waals surface area contributed by atoms with Crippen LogP contribution in [0, 0.1) is 10.1 Å². The predicted molar refractivity (Wildman–Crippen MR) is 129 cm³/mol. The Bertz CT molecular complexity index is 1370. The Hall–Kier alpha value is -3.82. The molecule has 0 bridgehead atoms. The van der Waals surface area contributed by atoms with Crippen molar-refractivity contribution in [2.75, 3.05) is 24.9 Å². The fourth-order valence-corrected chi connectivity index (χ4v) is 3.61. The maximum atomic E-state index is 11.2. The highest BCUT2D eigenvalue weighted by atomic mass is 35.5. The molecule has 0 saturated heterocycles. The minimum atomic E-state index is -0.483. The number of rotatable bonds is 7. The molecular weight excluding hydrogens is 469 g/mol. The van der Waals surface area contributed by atoms with Gasteiger partial charge in [-0.15, -0.1) is 0 Å². The summed E-state index contributed by atoms with van der Waals surface area (Å²) in [6.07, 6.45) is 0. The first-order valence-electron chi connectivity index (χ1n) is 9.55. The molecule has 0 spiro atoms. The van der Waals surface area contributed by atoms with Gasteiger partial charge in [-0.1, -0.05) is 23.2 Å². The molecule has 33 heavy (non-hydrogen) atoms. The third-order valence-corrected chi connectivity index (χ3v) is 5.28. The van der Waals surface area contributed by atoms with Crippen molar-refractivity contribution in [3.8, 4) is 11.5 Å². The van der Waals surface area contributed by atoms with Crippen molar-refractivity contribution in [1.29, 1.82) is 0 Å². The summed E-state index contributed by atoms with van der Waals surface area (Å²) in [6, 6.07) is 14.6. The van der Waals surface area contributed by atoms with E-state index in [4.69, 9.17) is 32.7 Å². The molecule has 0 aliphatic heterocycles. The van der Waals surface area contributed by atoms with E-state index in [2.05, 4.69) is 20.6 Å². The van der Waals surface area contributed by atoms with Gasteiger partial charge >= 0.3 is 0 Å². The van der Waals surface area contributed by atoms with Crippen LogP contribution in [0.2, 0.25) is 10.0 Å². The van der Waals surface area contributed by atoms with E-state index >= 15 is 0 Å². The van der Waals surface area contributed by atoms with Crippen molar-refractivity contribution in [3.63, 3.8) is 0 Å². The predicted octanol–water partition coefficient (Wildman–Crippen LogP) is 6.35. The topological polar surface area (TPSA) is 111 Å². The van der Waals surface area contributed by atoms with Crippen LogP contribution >= 0.6 is 23.2 Å². The number of anilines is 4. The molecule has 0 amide bonds. The largest absolute Gasteiger partial charge is 0.495 e. The number of aromatic nitrogens is 2. The Balaban J connectivity index is 1.79. The van der Waals surface area contributed by atoms with E-state index in [9.17, 15) is 10.1 Å². The minimum absolute atomic E-state index is 0.0853. The summed E-state index contributed by atoms with van der Waals surface area (Å²) in [7, 11) is 3.06. The first-order chi connectivity index (χ1) is 15.9. The van der Waals surface area contributed by atoms with Gasteiger partial charge < -0.3 is 20.1 Å². The Labute approximate surface area is 198 Å². The van der Waals surface area contributed by atoms with Crippen molar-refractivity contribution in [3.05, 3.63) is 74.8 Å². The van der Waals surface area contributed by atoms with E-state index < -0.39 is 4.92 Å². The van der Waals surface area contributed by atoms with Crippen LogP contribution in [0.1, 0.15) is 0 Å². The van der Waals surface area contributed by atoms with Gasteiger partial charge in [0.15, 0.2) is 11.6 Å². The Kier molecular flexibility index (Phi) is 6.34. The number of hydrogen-bond acceptors (Lipinski definition) is 8. The molecule has 4 aromatic rings. The van der Waals surface area contributed by atoms with Crippen LogP contribution in [-0.2, 0) is 0 Å². The number of nitrogens with zero attached hydrogens (tertiary/aromatic N) is 3. The number of nitrogens with one attached hydrogen (secondary N) is 2. The lowest BCUT2D eigenvalue weighted by molar-refractivity contribution is -0.384. The summed E-state index contributed by atoms with van der Waals surface area (Å²) >= 11 is 12.5. The lowest BCUT2D eigenvalue weighted by atomic mass is 10.2. The zero-order valence-electron chi connectivity index (χ0n) is 17.4. The number of benzene rings is 3. The van der Waals surface area contributed by atoms with E-state index in [0.29, 0.717) is 55.6 Å². The zero-order chi connectivity index (χ0) is 23.5. The number of halogens is 2. The number of hydrogen-bond donors (Lipinski definition) is 2. The molecule has 2 N–H and O–H groups in total. The highest BCUT2D eigenvalue weighted by molar-refractivity contribution is 6.32. The summed E-state index contributed by atoms with van der Waals surface area (Å²) in [5.41, 5.74) is 2.01. The van der Waals surface area contributed by atoms with Gasteiger partial charge in [0.25, 0.3) is 5.69 Å². The molecule has 0 unspecified atom stereocenters. The van der Waals surface area contributed by atoms with Crippen molar-refractivity contribution >= 4 is 62.9 Å². The molecule has 1 heterocycles. The molecule has 0 fully saturated rings. The van der Waals surface area contributed by atoms with Crippen LogP contribution in [0.4, 0.5) is 28.7 Å². The summed E-state index contributed by atoms with van der Waals surface area (Å²) in [4.78, 5) is 19.9. The minimum Gasteiger partial charge on any atom is -0.495 e. The van der Waals surface area contributed by atoms with Crippen molar-refractivity contribution in [2.45, 2.75) is 0 Å². The summed E-state index contributed by atoms with van der Waals surface area (Å²) in [5, 5.41) is 18.4. The average Bonchev–Trinajstić information content (AvgIpc) is 2.79. The molecule has 4 rings (SSSR count). The molecule has 9 nitrogen and oxygen atoms in total. The van der Waals surface area contributed by atoms with Gasteiger partial charge in [0, 0.05) is 23.5 Å². The lowest BCUT2D eigenvalue weighted by Crippen LogP contribution is -2.04. The molecule has 0 atom stereocenters. The molecule has 1 aromatic heterocycles. The highest BCUT2D eigenvalue weighted by Crippen LogP contribution is 2.34. The Morgan fingerprint density at radius 1 is 0.788 bits per heavy atom. The fourth-order valence-electron chi connectivity index (χ4n) is 3.09. The van der Waals surface area contributed by atoms with Gasteiger partial charge in [0.05, 0.1) is 40.2 Å². The molecule has 0 radical (unpaired) electrons. The molecule has 168 valence electrons. The average molecular weight is 486 g/mol. The molecule has 0 aliphatic carbocycles. The third-order valence-electron chi connectivity index (χ3n) is 4.69. The number of non-ortho nitro benzene ring substituents is 1. The van der Waals surface area contributed by atoms with E-state index in [1.165, 1.54) is 26.4 Å². The van der Waals surface area contributed by atoms with Gasteiger partial charge in [-0.25, -0.2) is 9.97 Å². The first kappa shape index (κ1) is 22.4. The standard InChI is InChI=1S/C22H17Cl2N5O4/c1-32-19-7-3-12(9-15(19)23)25-21-22(26-13-4-8-20(33-2)16(24)10-13)28-18-11-14(29(30)31)5-6-17(18)27-21/h3-11H,1-2H3,(H,25,27)(H,26,28). The summed E-state index contributed by atoms with van der Waals surface area (Å²) < 4.78 is 10.4. The van der Waals surface area contributed by atoms with Crippen LogP contribution in [0.15, 0.2) is 54.6 Å². The van der Waals surface area contributed by atoms with E-state index in [-0.39, 0.29) is 5.69 Å². The second kappa shape index (κ2) is 9.35. The van der Waals surface area contributed by atoms with Crippen LogP contribution in [0.25, 0.3) is 11.0 Å². The zero-order valence-corrected chi connectivity index (χ0v) is 18.9. The molecule has 11 heteroatoms. The lowest BCUT2D eigenvalue weighted by Gasteiger charge is -2.15. The summed E-state index contributed by atoms with van der Waals surface area (Å²) in [6.45, 7) is 0. The first-order valence-corrected chi connectivity index (χ1v) is 10.3. The quantitative estimate of drug-likeness (QED) is 0.230. The third kappa shape index (κ3) is 4.84. The summed E-state index contributed by atoms with van der Waals surface area (Å²) in [5.74, 6) is 1.76. The normalized spacial score (nSPS) is 10.7. The van der Waals surface area contributed by atoms with Crippen molar-refractivity contribution in [2.24, 2.45) is 0 Å². The van der Waals surface area contributed by atoms with E-state index in [0.717, 1.165) is 0 Å². The Morgan fingerprint density at radius 2 is 1.30 bits per heavy atom. The second-order valence-electron chi connectivity index (χ2n) is 6.80. The molecule has 0 saturated carbocycles. The monoisotopic (exact) mass is 485 g/mol. The van der Waals surface area contributed by atoms with Crippen LogP contribution in [-0.4, -0.2) is 29.1 Å². The number of nitro benzene ring substituents is 1. The highest BCUT2D eigenvalue weighted by Gasteiger charge is 2.15. The number of fused-ring (bicyclic) bond motifs is 1. The van der Waals surface area contributed by atoms with Gasteiger partial charge in [-0.3, -0.25) is 10.1 Å². The maximum Gasteiger partial charge on any atom is 0.271 e. The van der Waals surface area contributed by atoms with Crippen molar-refractivity contribution < 1.29 is 14.4 Å². The SMILES string of the molecule is COc1ccc(Nc2nc3ccc([N+](=O)[O-])cc3nc2Nc2ccc(OC)c(Cl)c2)cc1Cl. The fraction of sp³-hybridized carbons (Fsp3) is 0.0909. The molecular formula is C22H17Cl2N5O4. The smallest absolute Gasteiger partial charge is 0.271 e. The number of methoxy groups -OCH3 is 2. The van der Waals surface area contributed by atoms with Crippen LogP contribution < -0.4 is 20.1 Å². The number of nitro groups is 1. The van der Waals surface area contributed by atoms with Gasteiger partial charge in [0.2, 0.25) is 0 Å². The molecule has 0 aliphatic rings. The Morgan fingerprint density at radius 3 is 1.76 bits per heavy atom. The van der Waals surface area contributed by atoms with Gasteiger partial charge in [-0.2, -0.15) is 0 Å². The van der Waals surface area contributed by atoms with Gasteiger partial charge in [-0.05, 0) is 42.5 Å². The van der Waals surface area contributed by atoms with E-state index in [1.54, 1.807) is 42.5 Å².